The monoisotopic (exact) mass is 462 g/mol. The van der Waals surface area contributed by atoms with E-state index in [1.165, 1.54) is 7.11 Å². The van der Waals surface area contributed by atoms with Crippen LogP contribution in [0, 0.1) is 5.92 Å². The molecule has 2 aliphatic carbocycles. The van der Waals surface area contributed by atoms with Crippen LogP contribution >= 0.6 is 0 Å². The fourth-order valence-corrected chi connectivity index (χ4v) is 5.35. The predicted molar refractivity (Wildman–Crippen MR) is 125 cm³/mol. The first-order valence-corrected chi connectivity index (χ1v) is 11.8. The molecule has 1 saturated carbocycles. The molecule has 8 heteroatoms. The molecule has 2 fully saturated rings. The number of rotatable bonds is 8. The SMILES string of the molecule is CONC1CC2(NC(=O)N(CC(=O)N(Cc3ccccc3)C(C)C3CC3)C2=O)c2ccccc21. The third kappa shape index (κ3) is 3.86. The van der Waals surface area contributed by atoms with E-state index in [9.17, 15) is 14.4 Å². The van der Waals surface area contributed by atoms with Crippen LogP contribution in [0.2, 0.25) is 0 Å². The van der Waals surface area contributed by atoms with Crippen molar-refractivity contribution in [1.29, 1.82) is 0 Å². The number of nitrogens with zero attached hydrogens (tertiary/aromatic N) is 2. The average Bonchev–Trinajstić information content (AvgIpc) is 3.62. The molecule has 0 bridgehead atoms. The van der Waals surface area contributed by atoms with Crippen LogP contribution in [-0.4, -0.2) is 47.3 Å². The number of fused-ring (bicyclic) bond motifs is 2. The van der Waals surface area contributed by atoms with Crippen LogP contribution in [0.5, 0.6) is 0 Å². The minimum atomic E-state index is -1.20. The molecule has 3 unspecified atom stereocenters. The maximum atomic E-state index is 13.7. The Bertz CT molecular complexity index is 1100. The molecule has 1 saturated heterocycles. The van der Waals surface area contributed by atoms with Crippen LogP contribution in [0.15, 0.2) is 54.6 Å². The van der Waals surface area contributed by atoms with E-state index in [0.29, 0.717) is 18.9 Å². The highest BCUT2D eigenvalue weighted by atomic mass is 16.6. The number of carbonyl (C=O) groups excluding carboxylic acids is 3. The lowest BCUT2D eigenvalue weighted by Gasteiger charge is -2.31. The van der Waals surface area contributed by atoms with Gasteiger partial charge in [-0.25, -0.2) is 4.79 Å². The molecule has 1 aliphatic heterocycles. The Morgan fingerprint density at radius 3 is 2.59 bits per heavy atom. The van der Waals surface area contributed by atoms with Crippen molar-refractivity contribution in [2.75, 3.05) is 13.7 Å². The van der Waals surface area contributed by atoms with Crippen LogP contribution in [0.1, 0.15) is 48.9 Å². The van der Waals surface area contributed by atoms with Crippen LogP contribution in [-0.2, 0) is 26.5 Å². The van der Waals surface area contributed by atoms with E-state index in [0.717, 1.165) is 34.4 Å². The summed E-state index contributed by atoms with van der Waals surface area (Å²) in [5.41, 5.74) is 4.39. The Morgan fingerprint density at radius 1 is 1.18 bits per heavy atom. The molecule has 3 atom stereocenters. The third-order valence-corrected chi connectivity index (χ3v) is 7.35. The van der Waals surface area contributed by atoms with Gasteiger partial charge in [0.25, 0.3) is 5.91 Å². The van der Waals surface area contributed by atoms with E-state index in [1.54, 1.807) is 0 Å². The van der Waals surface area contributed by atoms with Crippen molar-refractivity contribution in [3.63, 3.8) is 0 Å². The molecule has 0 aromatic heterocycles. The number of carbonyl (C=O) groups is 3. The largest absolute Gasteiger partial charge is 0.334 e. The molecular formula is C26H30N4O4. The number of urea groups is 1. The number of amides is 4. The van der Waals surface area contributed by atoms with Gasteiger partial charge in [0.1, 0.15) is 12.1 Å². The van der Waals surface area contributed by atoms with Crippen LogP contribution in [0.4, 0.5) is 4.79 Å². The van der Waals surface area contributed by atoms with Crippen molar-refractivity contribution < 1.29 is 19.2 Å². The molecule has 8 nitrogen and oxygen atoms in total. The first-order chi connectivity index (χ1) is 16.4. The van der Waals surface area contributed by atoms with Crippen LogP contribution < -0.4 is 10.8 Å². The van der Waals surface area contributed by atoms with Gasteiger partial charge < -0.3 is 15.1 Å². The maximum Gasteiger partial charge on any atom is 0.325 e. The molecule has 2 aromatic carbocycles. The highest BCUT2D eigenvalue weighted by Crippen LogP contribution is 2.46. The minimum absolute atomic E-state index is 0.0462. The summed E-state index contributed by atoms with van der Waals surface area (Å²) in [4.78, 5) is 48.2. The topological polar surface area (TPSA) is 91.0 Å². The van der Waals surface area contributed by atoms with Crippen molar-refractivity contribution in [3.8, 4) is 0 Å². The summed E-state index contributed by atoms with van der Waals surface area (Å²) in [6, 6.07) is 16.6. The molecule has 0 radical (unpaired) electrons. The molecule has 5 rings (SSSR count). The standard InChI is InChI=1S/C26H30N4O4/c1-17(19-12-13-19)29(15-18-8-4-3-5-9-18)23(31)16-30-24(32)26(27-25(30)33)14-22(28-34-2)20-10-6-7-11-21(20)26/h3-11,17,19,22,28H,12-16H2,1-2H3,(H,27,33). The molecule has 2 N–H and O–H groups in total. The summed E-state index contributed by atoms with van der Waals surface area (Å²) in [5.74, 6) is -0.149. The summed E-state index contributed by atoms with van der Waals surface area (Å²) in [7, 11) is 1.52. The van der Waals surface area contributed by atoms with Gasteiger partial charge in [-0.2, -0.15) is 5.48 Å². The second kappa shape index (κ2) is 8.85. The van der Waals surface area contributed by atoms with Gasteiger partial charge in [-0.1, -0.05) is 54.6 Å². The zero-order valence-corrected chi connectivity index (χ0v) is 19.5. The molecule has 2 aromatic rings. The third-order valence-electron chi connectivity index (χ3n) is 7.35. The van der Waals surface area contributed by atoms with Crippen molar-refractivity contribution >= 4 is 17.8 Å². The van der Waals surface area contributed by atoms with E-state index in [4.69, 9.17) is 4.84 Å². The fraction of sp³-hybridized carbons (Fsp3) is 0.423. The van der Waals surface area contributed by atoms with Gasteiger partial charge in [0.15, 0.2) is 0 Å². The summed E-state index contributed by atoms with van der Waals surface area (Å²) in [5, 5.41) is 2.90. The lowest BCUT2D eigenvalue weighted by atomic mass is 9.91. The molecular weight excluding hydrogens is 432 g/mol. The molecule has 1 heterocycles. The first-order valence-electron chi connectivity index (χ1n) is 11.8. The summed E-state index contributed by atoms with van der Waals surface area (Å²) in [6.07, 6.45) is 2.51. The summed E-state index contributed by atoms with van der Waals surface area (Å²) < 4.78 is 0. The predicted octanol–water partition coefficient (Wildman–Crippen LogP) is 2.86. The van der Waals surface area contributed by atoms with Gasteiger partial charge in [0.2, 0.25) is 5.91 Å². The Kier molecular flexibility index (Phi) is 5.87. The molecule has 34 heavy (non-hydrogen) atoms. The average molecular weight is 463 g/mol. The normalized spacial score (nSPS) is 24.3. The van der Waals surface area contributed by atoms with E-state index in [-0.39, 0.29) is 24.5 Å². The zero-order valence-electron chi connectivity index (χ0n) is 19.5. The van der Waals surface area contributed by atoms with Gasteiger partial charge in [0, 0.05) is 19.0 Å². The van der Waals surface area contributed by atoms with Gasteiger partial charge in [-0.15, -0.1) is 0 Å². The highest BCUT2D eigenvalue weighted by Gasteiger charge is 2.58. The number of imide groups is 1. The summed E-state index contributed by atoms with van der Waals surface area (Å²) >= 11 is 0. The van der Waals surface area contributed by atoms with Gasteiger partial charge in [-0.05, 0) is 42.4 Å². The number of benzene rings is 2. The molecule has 3 aliphatic rings. The number of hydroxylamine groups is 1. The van der Waals surface area contributed by atoms with E-state index in [2.05, 4.69) is 17.7 Å². The van der Waals surface area contributed by atoms with Crippen LogP contribution in [0.25, 0.3) is 0 Å². The van der Waals surface area contributed by atoms with Gasteiger partial charge in [-0.3, -0.25) is 14.5 Å². The van der Waals surface area contributed by atoms with Crippen LogP contribution in [0.3, 0.4) is 0 Å². The molecule has 178 valence electrons. The van der Waals surface area contributed by atoms with Crippen molar-refractivity contribution in [2.45, 2.75) is 50.4 Å². The lowest BCUT2D eigenvalue weighted by molar-refractivity contribution is -0.141. The maximum absolute atomic E-state index is 13.7. The van der Waals surface area contributed by atoms with E-state index >= 15 is 0 Å². The zero-order chi connectivity index (χ0) is 23.9. The highest BCUT2D eigenvalue weighted by molar-refractivity contribution is 6.10. The Balaban J connectivity index is 1.38. The molecule has 4 amide bonds. The number of hydrogen-bond acceptors (Lipinski definition) is 5. The van der Waals surface area contributed by atoms with Gasteiger partial charge >= 0.3 is 6.03 Å². The Hall–Kier alpha value is -3.23. The second-order valence-electron chi connectivity index (χ2n) is 9.48. The second-order valence-corrected chi connectivity index (χ2v) is 9.48. The minimum Gasteiger partial charge on any atom is -0.334 e. The molecule has 1 spiro atoms. The van der Waals surface area contributed by atoms with Crippen molar-refractivity contribution in [2.24, 2.45) is 5.92 Å². The number of hydrogen-bond donors (Lipinski definition) is 2. The lowest BCUT2D eigenvalue weighted by Crippen LogP contribution is -2.47. The summed E-state index contributed by atoms with van der Waals surface area (Å²) in [6.45, 7) is 2.23. The van der Waals surface area contributed by atoms with Crippen molar-refractivity contribution in [1.82, 2.24) is 20.6 Å². The number of nitrogens with one attached hydrogen (secondary N) is 2. The van der Waals surface area contributed by atoms with Crippen molar-refractivity contribution in [3.05, 3.63) is 71.3 Å². The van der Waals surface area contributed by atoms with E-state index < -0.39 is 17.5 Å². The Labute approximate surface area is 199 Å². The quantitative estimate of drug-likeness (QED) is 0.465. The fourth-order valence-electron chi connectivity index (χ4n) is 5.35. The first kappa shape index (κ1) is 22.6. The Morgan fingerprint density at radius 2 is 1.88 bits per heavy atom. The van der Waals surface area contributed by atoms with E-state index in [1.807, 2.05) is 59.5 Å². The smallest absolute Gasteiger partial charge is 0.325 e. The van der Waals surface area contributed by atoms with Gasteiger partial charge in [0.05, 0.1) is 13.2 Å².